The van der Waals surface area contributed by atoms with Crippen LogP contribution in [0.5, 0.6) is 0 Å². The van der Waals surface area contributed by atoms with Crippen molar-refractivity contribution >= 4 is 0 Å². The van der Waals surface area contributed by atoms with Crippen molar-refractivity contribution in [3.63, 3.8) is 0 Å². The molecule has 0 aliphatic rings. The number of nitrogens with zero attached hydrogens (tertiary/aromatic N) is 2. The first-order valence-corrected chi connectivity index (χ1v) is 6.11. The molecule has 2 aromatic rings. The Morgan fingerprint density at radius 2 is 2.00 bits per heavy atom. The third-order valence-corrected chi connectivity index (χ3v) is 2.69. The number of nitrogens with one attached hydrogen (secondary N) is 1. The Labute approximate surface area is 102 Å². The van der Waals surface area contributed by atoms with E-state index >= 15 is 0 Å². The van der Waals surface area contributed by atoms with Gasteiger partial charge in [0.05, 0.1) is 11.9 Å². The van der Waals surface area contributed by atoms with Crippen LogP contribution < -0.4 is 5.32 Å². The number of benzene rings is 1. The molecule has 90 valence electrons. The largest absolute Gasteiger partial charge is 0.313 e. The molecule has 1 N–H and O–H groups in total. The summed E-state index contributed by atoms with van der Waals surface area (Å²) in [7, 11) is 0. The van der Waals surface area contributed by atoms with Crippen LogP contribution in [0.1, 0.15) is 24.5 Å². The van der Waals surface area contributed by atoms with E-state index in [9.17, 15) is 0 Å². The van der Waals surface area contributed by atoms with E-state index in [1.165, 1.54) is 11.1 Å². The maximum Gasteiger partial charge on any atom is 0.0645 e. The lowest BCUT2D eigenvalue weighted by molar-refractivity contribution is 0.675. The van der Waals surface area contributed by atoms with E-state index in [1.54, 1.807) is 0 Å². The molecular formula is C14H19N3. The molecule has 1 heterocycles. The van der Waals surface area contributed by atoms with Gasteiger partial charge in [0, 0.05) is 18.3 Å². The molecule has 3 nitrogen and oxygen atoms in total. The lowest BCUT2D eigenvalue weighted by Crippen LogP contribution is -2.13. The maximum atomic E-state index is 4.37. The third kappa shape index (κ3) is 3.17. The first kappa shape index (κ1) is 11.9. The fourth-order valence-corrected chi connectivity index (χ4v) is 1.70. The van der Waals surface area contributed by atoms with Gasteiger partial charge >= 0.3 is 0 Å². The molecule has 1 aromatic carbocycles. The molecule has 3 heteroatoms. The van der Waals surface area contributed by atoms with Crippen molar-refractivity contribution in [2.75, 3.05) is 6.54 Å². The topological polar surface area (TPSA) is 29.9 Å². The average Bonchev–Trinajstić information content (AvgIpc) is 2.79. The van der Waals surface area contributed by atoms with Crippen LogP contribution in [0.3, 0.4) is 0 Å². The van der Waals surface area contributed by atoms with Crippen LogP contribution in [0.2, 0.25) is 0 Å². The highest BCUT2D eigenvalue weighted by molar-refractivity contribution is 5.33. The Balaban J connectivity index is 2.04. The van der Waals surface area contributed by atoms with Crippen molar-refractivity contribution < 1.29 is 0 Å². The minimum atomic E-state index is 0.889. The summed E-state index contributed by atoms with van der Waals surface area (Å²) in [5.41, 5.74) is 3.60. The molecule has 0 radical (unpaired) electrons. The van der Waals surface area contributed by atoms with E-state index in [0.29, 0.717) is 0 Å². The van der Waals surface area contributed by atoms with Crippen molar-refractivity contribution in [1.82, 2.24) is 15.1 Å². The number of hydrogen-bond donors (Lipinski definition) is 1. The molecular weight excluding hydrogens is 210 g/mol. The molecule has 17 heavy (non-hydrogen) atoms. The van der Waals surface area contributed by atoms with Crippen molar-refractivity contribution in [2.24, 2.45) is 0 Å². The fraction of sp³-hybridized carbons (Fsp3) is 0.357. The van der Waals surface area contributed by atoms with E-state index in [0.717, 1.165) is 25.2 Å². The Morgan fingerprint density at radius 1 is 1.24 bits per heavy atom. The van der Waals surface area contributed by atoms with E-state index in [-0.39, 0.29) is 0 Å². The molecule has 2 rings (SSSR count). The zero-order valence-electron chi connectivity index (χ0n) is 10.5. The van der Waals surface area contributed by atoms with Crippen molar-refractivity contribution in [3.05, 3.63) is 47.8 Å². The molecule has 0 bridgehead atoms. The molecule has 0 aliphatic heterocycles. The van der Waals surface area contributed by atoms with Gasteiger partial charge in [0.15, 0.2) is 0 Å². The number of aromatic nitrogens is 2. The van der Waals surface area contributed by atoms with Gasteiger partial charge in [-0.1, -0.05) is 24.6 Å². The number of hydrogen-bond acceptors (Lipinski definition) is 2. The number of aryl methyl sites for hydroxylation is 1. The Hall–Kier alpha value is -1.61. The van der Waals surface area contributed by atoms with Crippen molar-refractivity contribution in [3.8, 4) is 5.69 Å². The van der Waals surface area contributed by atoms with E-state index in [1.807, 2.05) is 10.9 Å². The predicted octanol–water partition coefficient (Wildman–Crippen LogP) is 2.68. The van der Waals surface area contributed by atoms with E-state index in [4.69, 9.17) is 0 Å². The van der Waals surface area contributed by atoms with E-state index < -0.39 is 0 Å². The molecule has 0 amide bonds. The van der Waals surface area contributed by atoms with Crippen molar-refractivity contribution in [1.29, 1.82) is 0 Å². The zero-order chi connectivity index (χ0) is 12.1. The van der Waals surface area contributed by atoms with Crippen LogP contribution >= 0.6 is 0 Å². The highest BCUT2D eigenvalue weighted by atomic mass is 15.3. The first-order valence-electron chi connectivity index (χ1n) is 6.11. The summed E-state index contributed by atoms with van der Waals surface area (Å²) >= 11 is 0. The van der Waals surface area contributed by atoms with Gasteiger partial charge < -0.3 is 5.32 Å². The molecule has 0 spiro atoms. The standard InChI is InChI=1S/C14H19N3/c1-3-8-15-9-13-10-16-17(11-13)14-6-4-12(2)5-7-14/h4-7,10-11,15H,3,8-9H2,1-2H3. The molecule has 1 aromatic heterocycles. The molecule has 0 fully saturated rings. The Morgan fingerprint density at radius 3 is 2.71 bits per heavy atom. The summed E-state index contributed by atoms with van der Waals surface area (Å²) in [5.74, 6) is 0. The van der Waals surface area contributed by atoms with Crippen LogP contribution in [0.15, 0.2) is 36.7 Å². The summed E-state index contributed by atoms with van der Waals surface area (Å²) < 4.78 is 1.92. The minimum Gasteiger partial charge on any atom is -0.313 e. The third-order valence-electron chi connectivity index (χ3n) is 2.69. The van der Waals surface area contributed by atoms with Gasteiger partial charge in [-0.3, -0.25) is 0 Å². The van der Waals surface area contributed by atoms with Gasteiger partial charge in [0.2, 0.25) is 0 Å². The van der Waals surface area contributed by atoms with Gasteiger partial charge in [-0.25, -0.2) is 4.68 Å². The monoisotopic (exact) mass is 229 g/mol. The smallest absolute Gasteiger partial charge is 0.0645 e. The SMILES string of the molecule is CCCNCc1cnn(-c2ccc(C)cc2)c1. The van der Waals surface area contributed by atoms with Gasteiger partial charge in [-0.05, 0) is 32.0 Å². The lowest BCUT2D eigenvalue weighted by atomic mass is 10.2. The molecule has 0 saturated carbocycles. The molecule has 0 aliphatic carbocycles. The Kier molecular flexibility index (Phi) is 3.94. The summed E-state index contributed by atoms with van der Waals surface area (Å²) in [6.45, 7) is 6.20. The second-order valence-corrected chi connectivity index (χ2v) is 4.31. The predicted molar refractivity (Wildman–Crippen MR) is 70.3 cm³/mol. The first-order chi connectivity index (χ1) is 8.29. The maximum absolute atomic E-state index is 4.37. The lowest BCUT2D eigenvalue weighted by Gasteiger charge is -2.01. The normalized spacial score (nSPS) is 10.7. The summed E-state index contributed by atoms with van der Waals surface area (Å²) in [4.78, 5) is 0. The van der Waals surface area contributed by atoms with Gasteiger partial charge in [-0.2, -0.15) is 5.10 Å². The average molecular weight is 229 g/mol. The number of rotatable bonds is 5. The van der Waals surface area contributed by atoms with Crippen LogP contribution in [0.4, 0.5) is 0 Å². The van der Waals surface area contributed by atoms with Crippen molar-refractivity contribution in [2.45, 2.75) is 26.8 Å². The molecule has 0 unspecified atom stereocenters. The second-order valence-electron chi connectivity index (χ2n) is 4.31. The minimum absolute atomic E-state index is 0.889. The van der Waals surface area contributed by atoms with Crippen LogP contribution in [-0.4, -0.2) is 16.3 Å². The van der Waals surface area contributed by atoms with Gasteiger partial charge in [0.25, 0.3) is 0 Å². The molecule has 0 saturated heterocycles. The highest BCUT2D eigenvalue weighted by Crippen LogP contribution is 2.09. The summed E-state index contributed by atoms with van der Waals surface area (Å²) in [5, 5.41) is 7.74. The van der Waals surface area contributed by atoms with Crippen LogP contribution in [-0.2, 0) is 6.54 Å². The van der Waals surface area contributed by atoms with Gasteiger partial charge in [0.1, 0.15) is 0 Å². The zero-order valence-corrected chi connectivity index (χ0v) is 10.5. The molecule has 0 atom stereocenters. The second kappa shape index (κ2) is 5.64. The summed E-state index contributed by atoms with van der Waals surface area (Å²) in [6, 6.07) is 8.38. The highest BCUT2D eigenvalue weighted by Gasteiger charge is 2.00. The Bertz CT molecular complexity index is 457. The van der Waals surface area contributed by atoms with E-state index in [2.05, 4.69) is 54.7 Å². The van der Waals surface area contributed by atoms with Gasteiger partial charge in [-0.15, -0.1) is 0 Å². The quantitative estimate of drug-likeness (QED) is 0.799. The van der Waals surface area contributed by atoms with Crippen LogP contribution in [0, 0.1) is 6.92 Å². The summed E-state index contributed by atoms with van der Waals surface area (Å²) in [6.07, 6.45) is 5.15. The van der Waals surface area contributed by atoms with Crippen LogP contribution in [0.25, 0.3) is 5.69 Å². The fourth-order valence-electron chi connectivity index (χ4n) is 1.70.